The molecule has 0 spiro atoms. The van der Waals surface area contributed by atoms with Crippen LogP contribution in [-0.4, -0.2) is 4.98 Å². The number of anilines is 2. The first-order valence-electron chi connectivity index (χ1n) is 10.2. The smallest absolute Gasteiger partial charge is 0.0730 e. The lowest BCUT2D eigenvalue weighted by molar-refractivity contribution is 1.15. The molecule has 0 amide bonds. The number of nitrogens with one attached hydrogen (secondary N) is 2. The fraction of sp³-hybridized carbons (Fsp3) is 0.0741. The van der Waals surface area contributed by atoms with Gasteiger partial charge in [0.2, 0.25) is 0 Å². The van der Waals surface area contributed by atoms with E-state index in [9.17, 15) is 0 Å². The second-order valence-corrected chi connectivity index (χ2v) is 7.48. The van der Waals surface area contributed by atoms with Crippen LogP contribution in [0.4, 0.5) is 11.4 Å². The highest BCUT2D eigenvalue weighted by atomic mass is 14.9. The third-order valence-electron chi connectivity index (χ3n) is 5.29. The lowest BCUT2D eigenvalue weighted by Crippen LogP contribution is -1.99. The molecule has 1 heterocycles. The Morgan fingerprint density at radius 2 is 0.967 bits per heavy atom. The number of benzene rings is 4. The molecule has 146 valence electrons. The molecule has 4 aromatic carbocycles. The molecule has 0 bridgehead atoms. The Bertz CT molecular complexity index is 1180. The maximum Gasteiger partial charge on any atom is 0.0730 e. The zero-order valence-electron chi connectivity index (χ0n) is 16.7. The van der Waals surface area contributed by atoms with E-state index in [-0.39, 0.29) is 0 Å². The first-order chi connectivity index (χ1) is 14.8. The Kier molecular flexibility index (Phi) is 5.01. The molecule has 0 saturated carbocycles. The van der Waals surface area contributed by atoms with E-state index in [4.69, 9.17) is 4.98 Å². The molecule has 1 aromatic heterocycles. The van der Waals surface area contributed by atoms with E-state index < -0.39 is 0 Å². The summed E-state index contributed by atoms with van der Waals surface area (Å²) in [4.78, 5) is 4.93. The van der Waals surface area contributed by atoms with Crippen LogP contribution < -0.4 is 10.6 Å². The minimum Gasteiger partial charge on any atom is -0.381 e. The van der Waals surface area contributed by atoms with E-state index in [1.807, 2.05) is 12.1 Å². The number of fused-ring (bicyclic) bond motifs is 2. The zero-order valence-corrected chi connectivity index (χ0v) is 16.7. The van der Waals surface area contributed by atoms with Crippen molar-refractivity contribution in [2.24, 2.45) is 0 Å². The summed E-state index contributed by atoms with van der Waals surface area (Å²) in [5, 5.41) is 9.30. The van der Waals surface area contributed by atoms with Crippen molar-refractivity contribution in [3.8, 4) is 0 Å². The summed E-state index contributed by atoms with van der Waals surface area (Å²) >= 11 is 0. The van der Waals surface area contributed by atoms with Gasteiger partial charge in [0.1, 0.15) is 0 Å². The number of aromatic nitrogens is 1. The molecule has 0 aliphatic rings. The summed E-state index contributed by atoms with van der Waals surface area (Å²) in [6.07, 6.45) is 0. The topological polar surface area (TPSA) is 37.0 Å². The lowest BCUT2D eigenvalue weighted by atomic mass is 10.1. The maximum atomic E-state index is 4.93. The molecule has 0 atom stereocenters. The predicted molar refractivity (Wildman–Crippen MR) is 127 cm³/mol. The van der Waals surface area contributed by atoms with Gasteiger partial charge in [-0.2, -0.15) is 0 Å². The summed E-state index contributed by atoms with van der Waals surface area (Å²) in [5.74, 6) is 0. The molecule has 3 nitrogen and oxygen atoms in total. The second-order valence-electron chi connectivity index (χ2n) is 7.48. The van der Waals surface area contributed by atoms with Crippen LogP contribution in [0, 0.1) is 0 Å². The van der Waals surface area contributed by atoms with Crippen LogP contribution in [-0.2, 0) is 13.1 Å². The molecule has 30 heavy (non-hydrogen) atoms. The van der Waals surface area contributed by atoms with Crippen molar-refractivity contribution < 1.29 is 0 Å². The molecule has 0 saturated heterocycles. The summed E-state index contributed by atoms with van der Waals surface area (Å²) in [7, 11) is 0. The quantitative estimate of drug-likeness (QED) is 0.321. The lowest BCUT2D eigenvalue weighted by Gasteiger charge is -2.10. The number of hydrogen-bond donors (Lipinski definition) is 2. The van der Waals surface area contributed by atoms with Gasteiger partial charge in [-0.15, -0.1) is 0 Å². The molecular formula is C27H23N3. The Balaban J connectivity index is 1.38. The minimum absolute atomic E-state index is 0.799. The molecule has 5 rings (SSSR count). The Morgan fingerprint density at radius 3 is 1.43 bits per heavy atom. The van der Waals surface area contributed by atoms with E-state index in [1.54, 1.807) is 0 Å². The van der Waals surface area contributed by atoms with Crippen molar-refractivity contribution in [3.05, 3.63) is 114 Å². The van der Waals surface area contributed by atoms with Crippen LogP contribution in [0.2, 0.25) is 0 Å². The summed E-state index contributed by atoms with van der Waals surface area (Å²) in [5.41, 5.74) is 6.69. The fourth-order valence-electron chi connectivity index (χ4n) is 3.64. The van der Waals surface area contributed by atoms with Gasteiger partial charge in [0, 0.05) is 35.2 Å². The van der Waals surface area contributed by atoms with Crippen LogP contribution >= 0.6 is 0 Å². The monoisotopic (exact) mass is 389 g/mol. The Morgan fingerprint density at radius 1 is 0.500 bits per heavy atom. The van der Waals surface area contributed by atoms with Gasteiger partial charge in [-0.3, -0.25) is 0 Å². The van der Waals surface area contributed by atoms with Gasteiger partial charge in [-0.25, -0.2) is 4.98 Å². The zero-order chi connectivity index (χ0) is 20.2. The Hall–Kier alpha value is -3.85. The van der Waals surface area contributed by atoms with Crippen molar-refractivity contribution in [1.29, 1.82) is 0 Å². The molecule has 3 heteroatoms. The van der Waals surface area contributed by atoms with Gasteiger partial charge in [0.15, 0.2) is 0 Å². The highest BCUT2D eigenvalue weighted by molar-refractivity contribution is 5.95. The molecule has 0 fully saturated rings. The van der Waals surface area contributed by atoms with Crippen LogP contribution in [0.3, 0.4) is 0 Å². The second kappa shape index (κ2) is 8.26. The molecule has 0 aliphatic carbocycles. The first-order valence-corrected chi connectivity index (χ1v) is 10.2. The highest BCUT2D eigenvalue weighted by Gasteiger charge is 2.04. The normalized spacial score (nSPS) is 10.9. The van der Waals surface area contributed by atoms with Gasteiger partial charge in [-0.05, 0) is 41.5 Å². The van der Waals surface area contributed by atoms with E-state index in [2.05, 4.69) is 102 Å². The van der Waals surface area contributed by atoms with Crippen molar-refractivity contribution in [2.45, 2.75) is 13.1 Å². The highest BCUT2D eigenvalue weighted by Crippen LogP contribution is 2.25. The van der Waals surface area contributed by atoms with Crippen molar-refractivity contribution in [3.63, 3.8) is 0 Å². The van der Waals surface area contributed by atoms with Gasteiger partial charge < -0.3 is 10.6 Å². The fourth-order valence-corrected chi connectivity index (χ4v) is 3.64. The van der Waals surface area contributed by atoms with Crippen molar-refractivity contribution in [2.75, 3.05) is 10.6 Å². The first kappa shape index (κ1) is 18.2. The molecule has 5 aromatic rings. The van der Waals surface area contributed by atoms with Crippen molar-refractivity contribution in [1.82, 2.24) is 4.98 Å². The number of hydrogen-bond acceptors (Lipinski definition) is 3. The molecule has 0 radical (unpaired) electrons. The van der Waals surface area contributed by atoms with E-state index in [0.717, 1.165) is 46.3 Å². The van der Waals surface area contributed by atoms with Gasteiger partial charge in [0.25, 0.3) is 0 Å². The SMILES string of the molecule is c1ccc(CNc2ccc3cc4ccc(NCc5ccccc5)cc4nc3c2)cc1. The average molecular weight is 390 g/mol. The van der Waals surface area contributed by atoms with E-state index in [1.165, 1.54) is 11.1 Å². The van der Waals surface area contributed by atoms with Crippen LogP contribution in [0.1, 0.15) is 11.1 Å². The summed E-state index contributed by atoms with van der Waals surface area (Å²) in [6, 6.07) is 35.8. The van der Waals surface area contributed by atoms with E-state index in [0.29, 0.717) is 0 Å². The van der Waals surface area contributed by atoms with E-state index >= 15 is 0 Å². The van der Waals surface area contributed by atoms with Crippen LogP contribution in [0.15, 0.2) is 103 Å². The molecule has 0 aliphatic heterocycles. The van der Waals surface area contributed by atoms with Crippen molar-refractivity contribution >= 4 is 33.2 Å². The summed E-state index contributed by atoms with van der Waals surface area (Å²) < 4.78 is 0. The number of pyridine rings is 1. The predicted octanol–water partition coefficient (Wildman–Crippen LogP) is 6.61. The van der Waals surface area contributed by atoms with Gasteiger partial charge in [-0.1, -0.05) is 72.8 Å². The Labute approximate surface area is 176 Å². The largest absolute Gasteiger partial charge is 0.381 e. The average Bonchev–Trinajstić information content (AvgIpc) is 2.81. The third-order valence-corrected chi connectivity index (χ3v) is 5.29. The maximum absolute atomic E-state index is 4.93. The van der Waals surface area contributed by atoms with Gasteiger partial charge >= 0.3 is 0 Å². The van der Waals surface area contributed by atoms with Crippen LogP contribution in [0.5, 0.6) is 0 Å². The van der Waals surface area contributed by atoms with Crippen LogP contribution in [0.25, 0.3) is 21.8 Å². The summed E-state index contributed by atoms with van der Waals surface area (Å²) in [6.45, 7) is 1.60. The third kappa shape index (κ3) is 4.11. The standard InChI is InChI=1S/C27H23N3/c1-3-7-20(8-4-1)18-28-24-13-11-22-15-23-12-14-25(17-27(23)30-26(22)16-24)29-19-21-9-5-2-6-10-21/h1-17,28-29H,18-19H2. The molecule has 2 N–H and O–H groups in total. The number of nitrogens with zero attached hydrogens (tertiary/aromatic N) is 1. The molecular weight excluding hydrogens is 366 g/mol. The molecule has 0 unspecified atom stereocenters. The number of rotatable bonds is 6. The minimum atomic E-state index is 0.799. The van der Waals surface area contributed by atoms with Gasteiger partial charge in [0.05, 0.1) is 11.0 Å².